The average Bonchev–Trinajstić information content (AvgIpc) is 2.37. The molecule has 0 bridgehead atoms. The predicted octanol–water partition coefficient (Wildman–Crippen LogP) is 4.66. The van der Waals surface area contributed by atoms with Crippen LogP contribution >= 0.6 is 11.6 Å². The molecule has 0 spiro atoms. The number of ketones is 1. The van der Waals surface area contributed by atoms with Crippen molar-refractivity contribution in [1.29, 1.82) is 0 Å². The third-order valence-electron chi connectivity index (χ3n) is 3.25. The van der Waals surface area contributed by atoms with E-state index in [1.54, 1.807) is 12.1 Å². The molecule has 0 N–H and O–H groups in total. The highest BCUT2D eigenvalue weighted by atomic mass is 35.5. The van der Waals surface area contributed by atoms with Crippen LogP contribution in [0.25, 0.3) is 0 Å². The Morgan fingerprint density at radius 1 is 1.10 bits per heavy atom. The molecule has 0 saturated heterocycles. The Kier molecular flexibility index (Phi) is 4.19. The van der Waals surface area contributed by atoms with Crippen molar-refractivity contribution in [2.75, 3.05) is 0 Å². The van der Waals surface area contributed by atoms with Crippen LogP contribution < -0.4 is 0 Å². The van der Waals surface area contributed by atoms with Gasteiger partial charge in [0.2, 0.25) is 0 Å². The summed E-state index contributed by atoms with van der Waals surface area (Å²) in [5.41, 5.74) is 2.45. The van der Waals surface area contributed by atoms with E-state index in [0.717, 1.165) is 23.3 Å². The Labute approximate surface area is 121 Å². The molecule has 20 heavy (non-hydrogen) atoms. The fourth-order valence-corrected chi connectivity index (χ4v) is 2.25. The standard InChI is InChI=1S/C16H13ClF2O/c1-9-5-13(14(17)6-10(9)2)16(20)7-11-3-4-12(18)8-15(11)19/h3-6,8H,7H2,1-2H3. The lowest BCUT2D eigenvalue weighted by atomic mass is 9.99. The van der Waals surface area contributed by atoms with Gasteiger partial charge in [-0.25, -0.2) is 8.78 Å². The maximum absolute atomic E-state index is 13.5. The second-order valence-electron chi connectivity index (χ2n) is 4.75. The molecule has 1 nitrogen and oxygen atoms in total. The quantitative estimate of drug-likeness (QED) is 0.752. The third-order valence-corrected chi connectivity index (χ3v) is 3.56. The minimum Gasteiger partial charge on any atom is -0.294 e. The Bertz CT molecular complexity index is 680. The highest BCUT2D eigenvalue weighted by Crippen LogP contribution is 2.23. The SMILES string of the molecule is Cc1cc(Cl)c(C(=O)Cc2ccc(F)cc2F)cc1C. The third kappa shape index (κ3) is 3.05. The van der Waals surface area contributed by atoms with Crippen molar-refractivity contribution in [2.24, 2.45) is 0 Å². The number of carbonyl (C=O) groups is 1. The lowest BCUT2D eigenvalue weighted by molar-refractivity contribution is 0.0992. The number of rotatable bonds is 3. The molecule has 2 rings (SSSR count). The molecule has 0 radical (unpaired) electrons. The van der Waals surface area contributed by atoms with Gasteiger partial charge in [-0.1, -0.05) is 17.7 Å². The smallest absolute Gasteiger partial charge is 0.168 e. The molecule has 2 aromatic carbocycles. The maximum atomic E-state index is 13.5. The van der Waals surface area contributed by atoms with Gasteiger partial charge in [-0.2, -0.15) is 0 Å². The highest BCUT2D eigenvalue weighted by Gasteiger charge is 2.15. The van der Waals surface area contributed by atoms with E-state index in [1.165, 1.54) is 6.07 Å². The monoisotopic (exact) mass is 294 g/mol. The predicted molar refractivity (Wildman–Crippen MR) is 75.3 cm³/mol. The van der Waals surface area contributed by atoms with Crippen molar-refractivity contribution >= 4 is 17.4 Å². The Morgan fingerprint density at radius 3 is 2.40 bits per heavy atom. The number of carbonyl (C=O) groups excluding carboxylic acids is 1. The van der Waals surface area contributed by atoms with Gasteiger partial charge in [0.25, 0.3) is 0 Å². The first-order valence-electron chi connectivity index (χ1n) is 6.12. The van der Waals surface area contributed by atoms with Gasteiger partial charge in [0, 0.05) is 18.1 Å². The zero-order chi connectivity index (χ0) is 14.9. The summed E-state index contributed by atoms with van der Waals surface area (Å²) in [5.74, 6) is -1.68. The zero-order valence-corrected chi connectivity index (χ0v) is 11.9. The van der Waals surface area contributed by atoms with Crippen LogP contribution in [0.4, 0.5) is 8.78 Å². The summed E-state index contributed by atoms with van der Waals surface area (Å²) in [6, 6.07) is 6.59. The molecule has 0 fully saturated rings. The number of hydrogen-bond acceptors (Lipinski definition) is 1. The van der Waals surface area contributed by atoms with Crippen molar-refractivity contribution < 1.29 is 13.6 Å². The minimum absolute atomic E-state index is 0.145. The molecule has 0 saturated carbocycles. The van der Waals surface area contributed by atoms with Crippen LogP contribution in [0.1, 0.15) is 27.0 Å². The van der Waals surface area contributed by atoms with E-state index in [0.29, 0.717) is 10.6 Å². The van der Waals surface area contributed by atoms with E-state index < -0.39 is 11.6 Å². The number of Topliss-reactive ketones (excluding diaryl/α,β-unsaturated/α-hetero) is 1. The van der Waals surface area contributed by atoms with E-state index in [4.69, 9.17) is 11.6 Å². The molecule has 0 atom stereocenters. The first kappa shape index (κ1) is 14.7. The molecule has 0 amide bonds. The van der Waals surface area contributed by atoms with Gasteiger partial charge in [-0.05, 0) is 48.7 Å². The van der Waals surface area contributed by atoms with E-state index >= 15 is 0 Å². The molecule has 0 aliphatic rings. The van der Waals surface area contributed by atoms with Gasteiger partial charge in [0.15, 0.2) is 5.78 Å². The summed E-state index contributed by atoms with van der Waals surface area (Å²) in [5, 5.41) is 0.348. The first-order chi connectivity index (χ1) is 9.38. The normalized spacial score (nSPS) is 10.7. The summed E-state index contributed by atoms with van der Waals surface area (Å²) < 4.78 is 26.4. The average molecular weight is 295 g/mol. The molecule has 2 aromatic rings. The van der Waals surface area contributed by atoms with Crippen molar-refractivity contribution in [3.05, 3.63) is 69.2 Å². The van der Waals surface area contributed by atoms with E-state index in [-0.39, 0.29) is 17.8 Å². The Balaban J connectivity index is 2.31. The van der Waals surface area contributed by atoms with Gasteiger partial charge in [0.1, 0.15) is 11.6 Å². The van der Waals surface area contributed by atoms with E-state index in [1.807, 2.05) is 13.8 Å². The van der Waals surface area contributed by atoms with Crippen LogP contribution in [0.2, 0.25) is 5.02 Å². The molecular weight excluding hydrogens is 282 g/mol. The van der Waals surface area contributed by atoms with Gasteiger partial charge in [-0.15, -0.1) is 0 Å². The topological polar surface area (TPSA) is 17.1 Å². The molecule has 4 heteroatoms. The second-order valence-corrected chi connectivity index (χ2v) is 5.16. The van der Waals surface area contributed by atoms with Crippen molar-refractivity contribution in [1.82, 2.24) is 0 Å². The fraction of sp³-hybridized carbons (Fsp3) is 0.188. The van der Waals surface area contributed by atoms with Crippen molar-refractivity contribution in [2.45, 2.75) is 20.3 Å². The lowest BCUT2D eigenvalue weighted by Gasteiger charge is -2.08. The van der Waals surface area contributed by atoms with E-state index in [9.17, 15) is 13.6 Å². The lowest BCUT2D eigenvalue weighted by Crippen LogP contribution is -2.07. The van der Waals surface area contributed by atoms with Gasteiger partial charge in [-0.3, -0.25) is 4.79 Å². The number of aryl methyl sites for hydroxylation is 2. The largest absolute Gasteiger partial charge is 0.294 e. The van der Waals surface area contributed by atoms with Crippen LogP contribution in [0.5, 0.6) is 0 Å². The van der Waals surface area contributed by atoms with Crippen molar-refractivity contribution in [3.63, 3.8) is 0 Å². The van der Waals surface area contributed by atoms with Gasteiger partial charge in [0.05, 0.1) is 5.02 Å². The van der Waals surface area contributed by atoms with Crippen LogP contribution in [0, 0.1) is 25.5 Å². The van der Waals surface area contributed by atoms with E-state index in [2.05, 4.69) is 0 Å². The molecule has 0 aliphatic heterocycles. The van der Waals surface area contributed by atoms with Gasteiger partial charge < -0.3 is 0 Å². The summed E-state index contributed by atoms with van der Waals surface area (Å²) in [4.78, 5) is 12.2. The molecular formula is C16H13ClF2O. The maximum Gasteiger partial charge on any atom is 0.168 e. The molecule has 0 aromatic heterocycles. The number of benzene rings is 2. The zero-order valence-electron chi connectivity index (χ0n) is 11.1. The van der Waals surface area contributed by atoms with Crippen LogP contribution in [0.15, 0.2) is 30.3 Å². The second kappa shape index (κ2) is 5.71. The van der Waals surface area contributed by atoms with Crippen LogP contribution in [-0.4, -0.2) is 5.78 Å². The molecule has 104 valence electrons. The fourth-order valence-electron chi connectivity index (χ4n) is 1.93. The summed E-state index contributed by atoms with van der Waals surface area (Å²) in [6.07, 6.45) is -0.145. The van der Waals surface area contributed by atoms with Gasteiger partial charge >= 0.3 is 0 Å². The first-order valence-corrected chi connectivity index (χ1v) is 6.50. The number of hydrogen-bond donors (Lipinski definition) is 0. The summed E-state index contributed by atoms with van der Waals surface area (Å²) >= 11 is 6.05. The Morgan fingerprint density at radius 2 is 1.75 bits per heavy atom. The summed E-state index contributed by atoms with van der Waals surface area (Å²) in [6.45, 7) is 3.77. The Hall–Kier alpha value is -1.74. The molecule has 0 aliphatic carbocycles. The van der Waals surface area contributed by atoms with Crippen molar-refractivity contribution in [3.8, 4) is 0 Å². The molecule has 0 unspecified atom stereocenters. The van der Waals surface area contributed by atoms with Crippen LogP contribution in [0.3, 0.4) is 0 Å². The summed E-state index contributed by atoms with van der Waals surface area (Å²) in [7, 11) is 0. The molecule has 0 heterocycles. The highest BCUT2D eigenvalue weighted by molar-refractivity contribution is 6.34. The minimum atomic E-state index is -0.724. The van der Waals surface area contributed by atoms with Crippen LogP contribution in [-0.2, 0) is 6.42 Å². The number of halogens is 3.